The average molecular weight is 955 g/mol. The van der Waals surface area contributed by atoms with Gasteiger partial charge in [0.1, 0.15) is 30.0 Å². The number of nitrogens with one attached hydrogen (secondary N) is 5. The van der Waals surface area contributed by atoms with E-state index in [4.69, 9.17) is 4.99 Å². The van der Waals surface area contributed by atoms with E-state index in [1.165, 1.54) is 17.8 Å². The summed E-state index contributed by atoms with van der Waals surface area (Å²) in [5, 5.41) is 16.8. The zero-order valence-electron chi connectivity index (χ0n) is 41.5. The highest BCUT2D eigenvalue weighted by Gasteiger charge is 2.44. The lowest BCUT2D eigenvalue weighted by Crippen LogP contribution is -2.63. The number of hydrogen-bond acceptors (Lipinski definition) is 10. The van der Waals surface area contributed by atoms with Gasteiger partial charge in [-0.2, -0.15) is 0 Å². The second-order valence-electron chi connectivity index (χ2n) is 20.8. The number of rotatable bonds is 13. The highest BCUT2D eigenvalue weighted by atomic mass is 32.1. The molecule has 5 N–H and O–H groups in total. The van der Waals surface area contributed by atoms with Gasteiger partial charge in [0.15, 0.2) is 0 Å². The Labute approximate surface area is 408 Å². The van der Waals surface area contributed by atoms with E-state index in [0.717, 1.165) is 11.3 Å². The molecule has 3 heterocycles. The quantitative estimate of drug-likeness (QED) is 0.126. The van der Waals surface area contributed by atoms with Crippen LogP contribution in [-0.2, 0) is 28.8 Å². The van der Waals surface area contributed by atoms with Crippen LogP contribution in [0.2, 0.25) is 0 Å². The van der Waals surface area contributed by atoms with Crippen LogP contribution < -0.4 is 31.5 Å². The number of fused-ring (bicyclic) bond motifs is 1. The Balaban J connectivity index is 1.47. The van der Waals surface area contributed by atoms with Gasteiger partial charge in [0.05, 0.1) is 25.0 Å². The number of hydrogen-bond donors (Lipinski definition) is 6. The maximum Gasteiger partial charge on any atom is 0.246 e. The van der Waals surface area contributed by atoms with E-state index in [0.29, 0.717) is 39.1 Å². The summed E-state index contributed by atoms with van der Waals surface area (Å²) in [6, 6.07) is 13.8. The number of nitrogens with zero attached hydrogens (tertiary/aromatic N) is 5. The Hall–Kier alpha value is -5.71. The number of benzene rings is 2. The third-order valence-electron chi connectivity index (χ3n) is 13.0. The number of piperazine rings is 1. The molecule has 16 nitrogen and oxygen atoms in total. The van der Waals surface area contributed by atoms with Gasteiger partial charge in [-0.05, 0) is 52.2 Å². The smallest absolute Gasteiger partial charge is 0.246 e. The zero-order chi connectivity index (χ0) is 49.9. The fourth-order valence-electron chi connectivity index (χ4n) is 8.98. The fraction of sp³-hybridized carbons (Fsp3) is 0.569. The molecule has 68 heavy (non-hydrogen) atoms. The molecule has 2 aromatic rings. The fourth-order valence-corrected chi connectivity index (χ4v) is 9.05. The number of carbonyl (C=O) groups is 6. The van der Waals surface area contributed by atoms with Crippen molar-refractivity contribution in [3.63, 3.8) is 0 Å². The molecule has 0 aromatic heterocycles. The van der Waals surface area contributed by atoms with E-state index >= 15 is 4.79 Å². The third-order valence-corrected chi connectivity index (χ3v) is 13.2. The summed E-state index contributed by atoms with van der Waals surface area (Å²) in [5.74, 6) is -3.12. The van der Waals surface area contributed by atoms with E-state index in [1.54, 1.807) is 9.80 Å². The molecule has 0 spiro atoms. The summed E-state index contributed by atoms with van der Waals surface area (Å²) in [6.07, 6.45) is 3.50. The molecule has 0 bridgehead atoms. The second-order valence-corrected chi connectivity index (χ2v) is 21.1. The van der Waals surface area contributed by atoms with Crippen molar-refractivity contribution in [1.29, 1.82) is 0 Å². The van der Waals surface area contributed by atoms with Crippen molar-refractivity contribution in [2.75, 3.05) is 44.2 Å². The second kappa shape index (κ2) is 23.5. The molecular formula is C51H74N10O6S. The van der Waals surface area contributed by atoms with Crippen molar-refractivity contribution < 1.29 is 28.8 Å². The highest BCUT2D eigenvalue weighted by molar-refractivity contribution is 7.83. The van der Waals surface area contributed by atoms with Gasteiger partial charge in [-0.25, -0.2) is 0 Å². The first-order valence-electron chi connectivity index (χ1n) is 23.9. The number of anilines is 1. The summed E-state index contributed by atoms with van der Waals surface area (Å²) >= 11 is 4.13. The number of aliphatic imine (C=N–C) groups is 2. The van der Waals surface area contributed by atoms with Crippen molar-refractivity contribution >= 4 is 65.8 Å². The molecule has 3 fully saturated rings. The minimum Gasteiger partial charge on any atom is -0.368 e. The van der Waals surface area contributed by atoms with Gasteiger partial charge in [0.25, 0.3) is 0 Å². The number of thiol groups is 1. The first-order chi connectivity index (χ1) is 32.1. The third kappa shape index (κ3) is 13.9. The highest BCUT2D eigenvalue weighted by Crippen LogP contribution is 2.29. The summed E-state index contributed by atoms with van der Waals surface area (Å²) in [7, 11) is 0. The molecule has 6 amide bonds. The first kappa shape index (κ1) is 53.2. The lowest BCUT2D eigenvalue weighted by atomic mass is 9.83. The van der Waals surface area contributed by atoms with Gasteiger partial charge in [0, 0.05) is 56.7 Å². The maximum absolute atomic E-state index is 15.0. The predicted molar refractivity (Wildman–Crippen MR) is 271 cm³/mol. The molecule has 17 heteroatoms. The topological polar surface area (TPSA) is 197 Å². The largest absolute Gasteiger partial charge is 0.368 e. The maximum atomic E-state index is 15.0. The standard InChI is InChI=1S/C51H74N10O6S/c1-32(2)40-46(64)58-43(50(5,6)7)45(53-31-39(63)61-23-21-33(3)42(61)48(66)55-40)57-44(51(8,9)10)49(67)56-41(34(4)35-17-13-11-14-18-35)47(65)54-36(30-52-22-28-68)29-38(62)60-26-24-59(25-27-60)37-19-15-12-16-20-37/h11-20,22,28,30,32-34,36,40-44,68H,21,23-27,29,31H2,1-10H3,(H,53,57)(H,54,65)(H,55,66)(H,56,67)(H,58,64)/b28-22-,52-30+/t33-,34+,36-,40+,41?,42+,43?,44?/m1/s1. The SMILES string of the molecule is CC(C)[C@@H]1NC(=O)[C@@H]2[C@H](C)CCN2C(=O)CN/C(=N\C(C(=O)NC(C(=O)N[C@@H](/C=N/C=C\S)CC(=O)N2CCN(c3ccccc3)CC2)[C@@H](C)c2ccccc2)C(C)(C)C)C(C(C)(C)C)NC1=O. The molecule has 3 unspecified atom stereocenters. The summed E-state index contributed by atoms with van der Waals surface area (Å²) in [4.78, 5) is 101. The van der Waals surface area contributed by atoms with Gasteiger partial charge < -0.3 is 41.3 Å². The van der Waals surface area contributed by atoms with E-state index in [2.05, 4.69) is 49.1 Å². The van der Waals surface area contributed by atoms with Crippen molar-refractivity contribution in [3.8, 4) is 0 Å². The number of carbonyl (C=O) groups excluding carboxylic acids is 6. The Bertz CT molecular complexity index is 2160. The number of para-hydroxylation sites is 1. The minimum absolute atomic E-state index is 0.0671. The van der Waals surface area contributed by atoms with Crippen LogP contribution in [0.1, 0.15) is 93.6 Å². The molecule has 3 saturated heterocycles. The Morgan fingerprint density at radius 1 is 0.838 bits per heavy atom. The Kier molecular flexibility index (Phi) is 18.4. The van der Waals surface area contributed by atoms with Crippen LogP contribution >= 0.6 is 12.6 Å². The van der Waals surface area contributed by atoms with E-state index in [9.17, 15) is 24.0 Å². The monoisotopic (exact) mass is 955 g/mol. The van der Waals surface area contributed by atoms with Gasteiger partial charge >= 0.3 is 0 Å². The van der Waals surface area contributed by atoms with Crippen LogP contribution in [-0.4, -0.2) is 133 Å². The molecule has 0 radical (unpaired) electrons. The Morgan fingerprint density at radius 3 is 2.06 bits per heavy atom. The molecule has 3 aliphatic heterocycles. The van der Waals surface area contributed by atoms with Crippen molar-refractivity contribution in [3.05, 3.63) is 77.8 Å². The van der Waals surface area contributed by atoms with Gasteiger partial charge in [-0.1, -0.05) is 118 Å². The lowest BCUT2D eigenvalue weighted by Gasteiger charge is -2.38. The summed E-state index contributed by atoms with van der Waals surface area (Å²) < 4.78 is 0. The summed E-state index contributed by atoms with van der Waals surface area (Å²) in [5.41, 5.74) is 0.319. The van der Waals surface area contributed by atoms with Crippen LogP contribution in [0.15, 0.2) is 82.3 Å². The predicted octanol–water partition coefficient (Wildman–Crippen LogP) is 4.30. The van der Waals surface area contributed by atoms with Crippen molar-refractivity contribution in [2.24, 2.45) is 32.7 Å². The molecule has 0 aliphatic carbocycles. The molecule has 2 aromatic carbocycles. The average Bonchev–Trinajstić information content (AvgIpc) is 3.69. The minimum atomic E-state index is -1.15. The van der Waals surface area contributed by atoms with E-state index in [1.807, 2.05) is 130 Å². The van der Waals surface area contributed by atoms with Gasteiger partial charge in [-0.3, -0.25) is 38.8 Å². The van der Waals surface area contributed by atoms with Crippen LogP contribution in [0.25, 0.3) is 0 Å². The number of amides is 6. The van der Waals surface area contributed by atoms with E-state index < -0.39 is 70.7 Å². The van der Waals surface area contributed by atoms with E-state index in [-0.39, 0.29) is 48.4 Å². The van der Waals surface area contributed by atoms with Crippen LogP contribution in [0.3, 0.4) is 0 Å². The first-order valence-corrected chi connectivity index (χ1v) is 24.4. The van der Waals surface area contributed by atoms with Crippen molar-refractivity contribution in [1.82, 2.24) is 36.4 Å². The molecule has 5 rings (SSSR count). The van der Waals surface area contributed by atoms with Crippen LogP contribution in [0.4, 0.5) is 5.69 Å². The molecule has 0 saturated carbocycles. The van der Waals surface area contributed by atoms with Gasteiger partial charge in [-0.15, -0.1) is 12.6 Å². The molecule has 370 valence electrons. The van der Waals surface area contributed by atoms with Crippen molar-refractivity contribution in [2.45, 2.75) is 124 Å². The number of amidine groups is 1. The summed E-state index contributed by atoms with van der Waals surface area (Å²) in [6.45, 7) is 21.3. The normalized spacial score (nSPS) is 23.5. The Morgan fingerprint density at radius 2 is 1.47 bits per heavy atom. The zero-order valence-corrected chi connectivity index (χ0v) is 42.4. The molecule has 8 atom stereocenters. The lowest BCUT2D eigenvalue weighted by molar-refractivity contribution is -0.140. The molecule has 3 aliphatic rings. The molecular weight excluding hydrogens is 881 g/mol. The van der Waals surface area contributed by atoms with Gasteiger partial charge in [0.2, 0.25) is 35.4 Å². The van der Waals surface area contributed by atoms with Crippen LogP contribution in [0, 0.1) is 22.7 Å². The van der Waals surface area contributed by atoms with Crippen LogP contribution in [0.5, 0.6) is 0 Å².